The maximum atomic E-state index is 13.5. The van der Waals surface area contributed by atoms with Crippen LogP contribution in [0.5, 0.6) is 0 Å². The molecule has 5 rings (SSSR count). The minimum Gasteiger partial charge on any atom is -0.477 e. The number of benzene rings is 2. The summed E-state index contributed by atoms with van der Waals surface area (Å²) >= 11 is 0. The quantitative estimate of drug-likeness (QED) is 0.484. The van der Waals surface area contributed by atoms with Gasteiger partial charge in [0, 0.05) is 43.3 Å². The lowest BCUT2D eigenvalue weighted by molar-refractivity contribution is 0.0690. The minimum absolute atomic E-state index is 0.0616. The van der Waals surface area contributed by atoms with Crippen molar-refractivity contribution in [2.75, 3.05) is 31.1 Å². The molecular formula is C27H24N4O4. The summed E-state index contributed by atoms with van der Waals surface area (Å²) in [6, 6.07) is 22.0. The van der Waals surface area contributed by atoms with Gasteiger partial charge in [0.2, 0.25) is 0 Å². The van der Waals surface area contributed by atoms with E-state index >= 15 is 0 Å². The molecule has 176 valence electrons. The zero-order valence-corrected chi connectivity index (χ0v) is 19.0. The molecule has 0 atom stereocenters. The Bertz CT molecular complexity index is 1440. The standard InChI is InChI=1S/C27H24N4O4/c32-25(20-10-5-2-6-11-20)30-16-14-29(15-17-30)23-21-12-7-13-28-24(21)31(26(33)22(23)27(34)35)18-19-8-3-1-4-9-19/h1-13H,14-18H2,(H,34,35). The second-order valence-electron chi connectivity index (χ2n) is 8.43. The van der Waals surface area contributed by atoms with Crippen LogP contribution in [-0.2, 0) is 6.54 Å². The van der Waals surface area contributed by atoms with Crippen molar-refractivity contribution in [1.82, 2.24) is 14.5 Å². The van der Waals surface area contributed by atoms with E-state index in [1.54, 1.807) is 35.4 Å². The number of carboxylic acids is 1. The summed E-state index contributed by atoms with van der Waals surface area (Å²) in [4.78, 5) is 46.8. The molecule has 0 bridgehead atoms. The smallest absolute Gasteiger partial charge is 0.343 e. The molecular weight excluding hydrogens is 444 g/mol. The van der Waals surface area contributed by atoms with Crippen LogP contribution in [-0.4, -0.2) is 57.6 Å². The van der Waals surface area contributed by atoms with E-state index in [4.69, 9.17) is 0 Å². The molecule has 1 N–H and O–H groups in total. The van der Waals surface area contributed by atoms with Crippen LogP contribution in [0, 0.1) is 0 Å². The zero-order chi connectivity index (χ0) is 24.4. The highest BCUT2D eigenvalue weighted by molar-refractivity contribution is 6.04. The van der Waals surface area contributed by atoms with E-state index < -0.39 is 11.5 Å². The lowest BCUT2D eigenvalue weighted by atomic mass is 10.1. The minimum atomic E-state index is -1.28. The van der Waals surface area contributed by atoms with Crippen LogP contribution in [0.3, 0.4) is 0 Å². The van der Waals surface area contributed by atoms with Crippen LogP contribution < -0.4 is 10.5 Å². The first kappa shape index (κ1) is 22.3. The molecule has 2 aromatic carbocycles. The van der Waals surface area contributed by atoms with Gasteiger partial charge in [0.1, 0.15) is 11.2 Å². The van der Waals surface area contributed by atoms with Gasteiger partial charge in [0.15, 0.2) is 0 Å². The topological polar surface area (TPSA) is 95.7 Å². The first-order valence-electron chi connectivity index (χ1n) is 11.4. The van der Waals surface area contributed by atoms with Gasteiger partial charge in [-0.15, -0.1) is 0 Å². The number of nitrogens with zero attached hydrogens (tertiary/aromatic N) is 4. The van der Waals surface area contributed by atoms with Gasteiger partial charge in [0.05, 0.1) is 12.2 Å². The number of aromatic carboxylic acids is 1. The van der Waals surface area contributed by atoms with E-state index in [1.807, 2.05) is 53.4 Å². The molecule has 0 saturated carbocycles. The van der Waals surface area contributed by atoms with Crippen LogP contribution in [0.1, 0.15) is 26.3 Å². The van der Waals surface area contributed by atoms with Crippen LogP contribution in [0.2, 0.25) is 0 Å². The number of pyridine rings is 2. The fourth-order valence-electron chi connectivity index (χ4n) is 4.59. The Kier molecular flexibility index (Phi) is 6.01. The van der Waals surface area contributed by atoms with Gasteiger partial charge in [-0.1, -0.05) is 48.5 Å². The second-order valence-corrected chi connectivity index (χ2v) is 8.43. The molecule has 1 amide bonds. The van der Waals surface area contributed by atoms with Crippen molar-refractivity contribution < 1.29 is 14.7 Å². The molecule has 0 aliphatic carbocycles. The van der Waals surface area contributed by atoms with Gasteiger partial charge in [-0.2, -0.15) is 0 Å². The third-order valence-electron chi connectivity index (χ3n) is 6.29. The fraction of sp³-hybridized carbons (Fsp3) is 0.185. The number of carboxylic acid groups (broad SMARTS) is 1. The largest absolute Gasteiger partial charge is 0.477 e. The van der Waals surface area contributed by atoms with Crippen molar-refractivity contribution in [2.24, 2.45) is 0 Å². The Morgan fingerprint density at radius 3 is 2.17 bits per heavy atom. The molecule has 2 aromatic heterocycles. The third kappa shape index (κ3) is 4.26. The van der Waals surface area contributed by atoms with Crippen LogP contribution in [0.25, 0.3) is 11.0 Å². The van der Waals surface area contributed by atoms with Crippen molar-refractivity contribution in [3.8, 4) is 0 Å². The Hall–Kier alpha value is -4.46. The number of carbonyl (C=O) groups excluding carboxylic acids is 1. The van der Waals surface area contributed by atoms with Gasteiger partial charge >= 0.3 is 5.97 Å². The molecule has 8 heteroatoms. The van der Waals surface area contributed by atoms with E-state index in [1.165, 1.54) is 4.57 Å². The van der Waals surface area contributed by atoms with Crippen molar-refractivity contribution in [2.45, 2.75) is 6.54 Å². The summed E-state index contributed by atoms with van der Waals surface area (Å²) < 4.78 is 1.42. The van der Waals surface area contributed by atoms with Crippen LogP contribution >= 0.6 is 0 Å². The summed E-state index contributed by atoms with van der Waals surface area (Å²) in [7, 11) is 0. The summed E-state index contributed by atoms with van der Waals surface area (Å²) in [6.07, 6.45) is 1.60. The Morgan fingerprint density at radius 2 is 1.51 bits per heavy atom. The second kappa shape index (κ2) is 9.42. The van der Waals surface area contributed by atoms with E-state index in [-0.39, 0.29) is 18.0 Å². The fourth-order valence-corrected chi connectivity index (χ4v) is 4.59. The first-order chi connectivity index (χ1) is 17.0. The molecule has 3 heterocycles. The highest BCUT2D eigenvalue weighted by Crippen LogP contribution is 2.29. The zero-order valence-electron chi connectivity index (χ0n) is 19.0. The molecule has 1 aliphatic heterocycles. The van der Waals surface area contributed by atoms with Crippen LogP contribution in [0.4, 0.5) is 5.69 Å². The van der Waals surface area contributed by atoms with E-state index in [9.17, 15) is 19.5 Å². The molecule has 1 aliphatic rings. The highest BCUT2D eigenvalue weighted by atomic mass is 16.4. The number of amides is 1. The highest BCUT2D eigenvalue weighted by Gasteiger charge is 2.29. The van der Waals surface area contributed by atoms with E-state index in [2.05, 4.69) is 4.98 Å². The van der Waals surface area contributed by atoms with Crippen molar-refractivity contribution >= 4 is 28.6 Å². The lowest BCUT2D eigenvalue weighted by Crippen LogP contribution is -2.49. The molecule has 8 nitrogen and oxygen atoms in total. The predicted molar refractivity (Wildman–Crippen MR) is 133 cm³/mol. The summed E-state index contributed by atoms with van der Waals surface area (Å²) in [5.41, 5.74) is 1.42. The monoisotopic (exact) mass is 468 g/mol. The van der Waals surface area contributed by atoms with Crippen molar-refractivity contribution in [1.29, 1.82) is 0 Å². The normalized spacial score (nSPS) is 13.7. The number of anilines is 1. The predicted octanol–water partition coefficient (Wildman–Crippen LogP) is 3.11. The van der Waals surface area contributed by atoms with Gasteiger partial charge in [-0.25, -0.2) is 9.78 Å². The Morgan fingerprint density at radius 1 is 0.857 bits per heavy atom. The van der Waals surface area contributed by atoms with E-state index in [0.29, 0.717) is 48.5 Å². The lowest BCUT2D eigenvalue weighted by Gasteiger charge is -2.37. The first-order valence-corrected chi connectivity index (χ1v) is 11.4. The maximum Gasteiger partial charge on any atom is 0.343 e. The maximum absolute atomic E-state index is 13.5. The number of carbonyl (C=O) groups is 2. The summed E-state index contributed by atoms with van der Waals surface area (Å²) in [5, 5.41) is 10.7. The summed E-state index contributed by atoms with van der Waals surface area (Å²) in [6.45, 7) is 1.87. The molecule has 1 fully saturated rings. The number of rotatable bonds is 5. The van der Waals surface area contributed by atoms with Gasteiger partial charge < -0.3 is 14.9 Å². The average molecular weight is 469 g/mol. The Balaban J connectivity index is 1.53. The number of piperazine rings is 1. The van der Waals surface area contributed by atoms with Crippen molar-refractivity contribution in [3.63, 3.8) is 0 Å². The third-order valence-corrected chi connectivity index (χ3v) is 6.29. The number of hydrogen-bond acceptors (Lipinski definition) is 5. The number of hydrogen-bond donors (Lipinski definition) is 1. The van der Waals surface area contributed by atoms with E-state index in [0.717, 1.165) is 5.56 Å². The van der Waals surface area contributed by atoms with Crippen molar-refractivity contribution in [3.05, 3.63) is 106 Å². The molecule has 0 radical (unpaired) electrons. The molecule has 1 saturated heterocycles. The van der Waals surface area contributed by atoms with Gasteiger partial charge in [0.25, 0.3) is 11.5 Å². The number of aromatic nitrogens is 2. The van der Waals surface area contributed by atoms with Gasteiger partial charge in [-0.05, 0) is 29.8 Å². The summed E-state index contributed by atoms with van der Waals surface area (Å²) in [5.74, 6) is -1.34. The molecule has 0 unspecified atom stereocenters. The molecule has 4 aromatic rings. The average Bonchev–Trinajstić information content (AvgIpc) is 2.90. The molecule has 35 heavy (non-hydrogen) atoms. The molecule has 0 spiro atoms. The number of fused-ring (bicyclic) bond motifs is 1. The Labute approximate surface area is 201 Å². The SMILES string of the molecule is O=C(O)c1c(N2CCN(C(=O)c3ccccc3)CC2)c2cccnc2n(Cc2ccccc2)c1=O. The van der Waals surface area contributed by atoms with Gasteiger partial charge in [-0.3, -0.25) is 14.2 Å². The van der Waals surface area contributed by atoms with Crippen LogP contribution in [0.15, 0.2) is 83.8 Å².